The number of amides is 2. The Morgan fingerprint density at radius 1 is 1.45 bits per heavy atom. The van der Waals surface area contributed by atoms with Crippen molar-refractivity contribution < 1.29 is 9.59 Å². The average Bonchev–Trinajstić information content (AvgIpc) is 3.09. The van der Waals surface area contributed by atoms with Gasteiger partial charge in [-0.05, 0) is 24.3 Å². The molecule has 3 heterocycles. The van der Waals surface area contributed by atoms with Crippen LogP contribution in [-0.4, -0.2) is 54.3 Å². The van der Waals surface area contributed by atoms with Crippen molar-refractivity contribution in [3.05, 3.63) is 22.4 Å². The van der Waals surface area contributed by atoms with Crippen LogP contribution in [0, 0.1) is 0 Å². The highest BCUT2D eigenvalue weighted by Gasteiger charge is 2.31. The van der Waals surface area contributed by atoms with Crippen LogP contribution in [-0.2, 0) is 9.59 Å². The second-order valence-corrected chi connectivity index (χ2v) is 6.30. The van der Waals surface area contributed by atoms with E-state index in [0.29, 0.717) is 19.6 Å². The van der Waals surface area contributed by atoms with Crippen molar-refractivity contribution in [2.45, 2.75) is 18.9 Å². The first-order chi connectivity index (χ1) is 9.74. The van der Waals surface area contributed by atoms with E-state index in [2.05, 4.69) is 16.8 Å². The van der Waals surface area contributed by atoms with Crippen LogP contribution >= 0.6 is 11.3 Å². The van der Waals surface area contributed by atoms with Crippen LogP contribution in [0.5, 0.6) is 0 Å². The number of piperazine rings is 1. The molecule has 0 aliphatic carbocycles. The highest BCUT2D eigenvalue weighted by Crippen LogP contribution is 2.34. The molecule has 1 aromatic heterocycles. The van der Waals surface area contributed by atoms with Crippen molar-refractivity contribution in [1.82, 2.24) is 15.1 Å². The number of likely N-dealkylation sites (tertiary alicyclic amines) is 1. The zero-order valence-corrected chi connectivity index (χ0v) is 12.2. The third-order valence-electron chi connectivity index (χ3n) is 3.92. The number of hydrogen-bond donors (Lipinski definition) is 1. The van der Waals surface area contributed by atoms with E-state index in [1.807, 2.05) is 15.9 Å². The minimum absolute atomic E-state index is 0.0141. The largest absolute Gasteiger partial charge is 0.354 e. The lowest BCUT2D eigenvalue weighted by molar-refractivity contribution is -0.134. The fourth-order valence-corrected chi connectivity index (χ4v) is 3.82. The summed E-state index contributed by atoms with van der Waals surface area (Å²) in [4.78, 5) is 29.0. The van der Waals surface area contributed by atoms with E-state index in [9.17, 15) is 9.59 Å². The number of nitrogens with one attached hydrogen (secondary N) is 1. The smallest absolute Gasteiger partial charge is 0.237 e. The summed E-state index contributed by atoms with van der Waals surface area (Å²) in [5.74, 6) is 0.163. The molecule has 1 N–H and O–H groups in total. The van der Waals surface area contributed by atoms with Gasteiger partial charge in [-0.2, -0.15) is 0 Å². The van der Waals surface area contributed by atoms with Crippen LogP contribution in [0.3, 0.4) is 0 Å². The van der Waals surface area contributed by atoms with Gasteiger partial charge in [0.05, 0.1) is 19.1 Å². The summed E-state index contributed by atoms with van der Waals surface area (Å²) in [5, 5.41) is 4.84. The van der Waals surface area contributed by atoms with Crippen molar-refractivity contribution in [2.75, 3.05) is 32.7 Å². The van der Waals surface area contributed by atoms with Crippen LogP contribution < -0.4 is 5.32 Å². The molecule has 0 spiro atoms. The third kappa shape index (κ3) is 2.86. The van der Waals surface area contributed by atoms with E-state index < -0.39 is 0 Å². The van der Waals surface area contributed by atoms with Crippen molar-refractivity contribution in [3.8, 4) is 0 Å². The van der Waals surface area contributed by atoms with Gasteiger partial charge in [-0.3, -0.25) is 14.5 Å². The van der Waals surface area contributed by atoms with Gasteiger partial charge in [-0.1, -0.05) is 6.07 Å². The Morgan fingerprint density at radius 2 is 2.35 bits per heavy atom. The van der Waals surface area contributed by atoms with Gasteiger partial charge in [0.25, 0.3) is 0 Å². The van der Waals surface area contributed by atoms with Crippen LogP contribution in [0.4, 0.5) is 0 Å². The van der Waals surface area contributed by atoms with Gasteiger partial charge in [-0.25, -0.2) is 0 Å². The van der Waals surface area contributed by atoms with Gasteiger partial charge < -0.3 is 10.2 Å². The molecule has 5 nitrogen and oxygen atoms in total. The Labute approximate surface area is 122 Å². The van der Waals surface area contributed by atoms with Crippen LogP contribution in [0.25, 0.3) is 0 Å². The second-order valence-electron chi connectivity index (χ2n) is 5.32. The normalized spacial score (nSPS) is 23.9. The van der Waals surface area contributed by atoms with Crippen molar-refractivity contribution in [2.24, 2.45) is 0 Å². The molecule has 1 aromatic rings. The van der Waals surface area contributed by atoms with Gasteiger partial charge >= 0.3 is 0 Å². The van der Waals surface area contributed by atoms with Gasteiger partial charge in [0.1, 0.15) is 0 Å². The molecule has 0 bridgehead atoms. The van der Waals surface area contributed by atoms with Crippen molar-refractivity contribution >= 4 is 23.2 Å². The van der Waals surface area contributed by atoms with E-state index in [-0.39, 0.29) is 17.9 Å². The van der Waals surface area contributed by atoms with Crippen LogP contribution in [0.2, 0.25) is 0 Å². The maximum absolute atomic E-state index is 12.5. The molecule has 3 rings (SSSR count). The quantitative estimate of drug-likeness (QED) is 0.898. The first-order valence-corrected chi connectivity index (χ1v) is 7.94. The molecule has 108 valence electrons. The number of carbonyl (C=O) groups is 2. The first-order valence-electron chi connectivity index (χ1n) is 7.06. The molecule has 0 radical (unpaired) electrons. The Balaban J connectivity index is 1.62. The molecule has 1 atom stereocenters. The highest BCUT2D eigenvalue weighted by molar-refractivity contribution is 7.10. The van der Waals surface area contributed by atoms with E-state index in [1.165, 1.54) is 4.88 Å². The van der Waals surface area contributed by atoms with Crippen molar-refractivity contribution in [1.29, 1.82) is 0 Å². The molecule has 0 saturated carbocycles. The molecule has 6 heteroatoms. The number of hydrogen-bond acceptors (Lipinski definition) is 4. The predicted octanol–water partition coefficient (Wildman–Crippen LogP) is 0.843. The Kier molecular flexibility index (Phi) is 4.03. The summed E-state index contributed by atoms with van der Waals surface area (Å²) < 4.78 is 0. The van der Waals surface area contributed by atoms with Crippen molar-refractivity contribution in [3.63, 3.8) is 0 Å². The standard InChI is InChI=1S/C14H19N3O2S/c18-13-9-16(7-5-15-13)10-14(19)17-6-1-3-11(17)12-4-2-8-20-12/h2,4,8,11H,1,3,5-7,9-10H2,(H,15,18)/t11-/m1/s1. The second kappa shape index (κ2) is 5.93. The van der Waals surface area contributed by atoms with Gasteiger partial charge in [-0.15, -0.1) is 11.3 Å². The summed E-state index contributed by atoms with van der Waals surface area (Å²) >= 11 is 1.72. The minimum atomic E-state index is 0.0141. The fraction of sp³-hybridized carbons (Fsp3) is 0.571. The third-order valence-corrected chi connectivity index (χ3v) is 4.89. The fourth-order valence-electron chi connectivity index (χ4n) is 2.95. The number of thiophene rings is 1. The SMILES string of the molecule is O=C1CN(CC(=O)N2CCC[C@@H]2c2cccs2)CCN1. The maximum Gasteiger partial charge on any atom is 0.237 e. The minimum Gasteiger partial charge on any atom is -0.354 e. The Hall–Kier alpha value is -1.40. The maximum atomic E-state index is 12.5. The Bertz CT molecular complexity index is 489. The van der Waals surface area contributed by atoms with Crippen LogP contribution in [0.15, 0.2) is 17.5 Å². The monoisotopic (exact) mass is 293 g/mol. The molecule has 20 heavy (non-hydrogen) atoms. The van der Waals surface area contributed by atoms with E-state index >= 15 is 0 Å². The van der Waals surface area contributed by atoms with Gasteiger partial charge in [0, 0.05) is 24.5 Å². The van der Waals surface area contributed by atoms with E-state index in [1.54, 1.807) is 11.3 Å². The lowest BCUT2D eigenvalue weighted by atomic mass is 10.2. The lowest BCUT2D eigenvalue weighted by Gasteiger charge is -2.30. The predicted molar refractivity (Wildman–Crippen MR) is 77.5 cm³/mol. The summed E-state index contributed by atoms with van der Waals surface area (Å²) in [6, 6.07) is 4.38. The summed E-state index contributed by atoms with van der Waals surface area (Å²) in [6.07, 6.45) is 2.11. The summed E-state index contributed by atoms with van der Waals surface area (Å²) in [6.45, 7) is 2.93. The number of nitrogens with zero attached hydrogens (tertiary/aromatic N) is 2. The lowest BCUT2D eigenvalue weighted by Crippen LogP contribution is -2.51. The zero-order chi connectivity index (χ0) is 13.9. The number of carbonyl (C=O) groups excluding carboxylic acids is 2. The molecular weight excluding hydrogens is 274 g/mol. The summed E-state index contributed by atoms with van der Waals surface area (Å²) in [7, 11) is 0. The average molecular weight is 293 g/mol. The molecular formula is C14H19N3O2S. The molecule has 2 amide bonds. The molecule has 0 aromatic carbocycles. The highest BCUT2D eigenvalue weighted by atomic mass is 32.1. The molecule has 2 saturated heterocycles. The topological polar surface area (TPSA) is 52.7 Å². The number of rotatable bonds is 3. The van der Waals surface area contributed by atoms with Gasteiger partial charge in [0.15, 0.2) is 0 Å². The zero-order valence-electron chi connectivity index (χ0n) is 11.4. The first kappa shape index (κ1) is 13.6. The van der Waals surface area contributed by atoms with E-state index in [0.717, 1.165) is 25.9 Å². The van der Waals surface area contributed by atoms with E-state index in [4.69, 9.17) is 0 Å². The molecule has 2 aliphatic heterocycles. The molecule has 2 aliphatic rings. The van der Waals surface area contributed by atoms with Crippen LogP contribution in [0.1, 0.15) is 23.8 Å². The molecule has 2 fully saturated rings. The Morgan fingerprint density at radius 3 is 3.10 bits per heavy atom. The summed E-state index contributed by atoms with van der Waals surface area (Å²) in [5.41, 5.74) is 0. The molecule has 0 unspecified atom stereocenters. The van der Waals surface area contributed by atoms with Gasteiger partial charge in [0.2, 0.25) is 11.8 Å².